The Bertz CT molecular complexity index is 686. The van der Waals surface area contributed by atoms with Crippen molar-refractivity contribution in [3.05, 3.63) is 36.1 Å². The van der Waals surface area contributed by atoms with Crippen LogP contribution in [0, 0.1) is 6.92 Å². The number of hydrogen-bond donors (Lipinski definition) is 1. The minimum Gasteiger partial charge on any atom is -0.441 e. The number of oxazole rings is 1. The summed E-state index contributed by atoms with van der Waals surface area (Å²) in [5.74, 6) is 2.14. The van der Waals surface area contributed by atoms with E-state index in [-0.39, 0.29) is 0 Å². The predicted octanol–water partition coefficient (Wildman–Crippen LogP) is 3.31. The SMILES string of the molecule is Cc1nc2ccc(-c3cnc(CCCl)[nH]3)cc2o1. The topological polar surface area (TPSA) is 54.7 Å². The molecular formula is C13H12ClN3O. The number of rotatable bonds is 3. The summed E-state index contributed by atoms with van der Waals surface area (Å²) < 4.78 is 5.52. The molecule has 0 atom stereocenters. The van der Waals surface area contributed by atoms with E-state index in [0.29, 0.717) is 11.8 Å². The Morgan fingerprint density at radius 1 is 1.39 bits per heavy atom. The zero-order valence-corrected chi connectivity index (χ0v) is 10.7. The number of fused-ring (bicyclic) bond motifs is 1. The minimum atomic E-state index is 0.563. The molecule has 0 amide bonds. The number of hydrogen-bond acceptors (Lipinski definition) is 3. The maximum absolute atomic E-state index is 5.69. The monoisotopic (exact) mass is 261 g/mol. The molecule has 2 heterocycles. The van der Waals surface area contributed by atoms with Crippen molar-refractivity contribution < 1.29 is 4.42 Å². The van der Waals surface area contributed by atoms with Gasteiger partial charge in [0.1, 0.15) is 11.3 Å². The second kappa shape index (κ2) is 4.46. The molecule has 1 N–H and O–H groups in total. The van der Waals surface area contributed by atoms with Crippen LogP contribution in [0.5, 0.6) is 0 Å². The number of aromatic nitrogens is 3. The van der Waals surface area contributed by atoms with Crippen LogP contribution in [0.25, 0.3) is 22.4 Å². The number of aromatic amines is 1. The summed E-state index contributed by atoms with van der Waals surface area (Å²) in [5.41, 5.74) is 3.66. The maximum Gasteiger partial charge on any atom is 0.192 e. The van der Waals surface area contributed by atoms with Gasteiger partial charge >= 0.3 is 0 Å². The maximum atomic E-state index is 5.69. The van der Waals surface area contributed by atoms with E-state index in [2.05, 4.69) is 15.0 Å². The summed E-state index contributed by atoms with van der Waals surface area (Å²) in [6.45, 7) is 1.84. The first-order valence-electron chi connectivity index (χ1n) is 5.73. The van der Waals surface area contributed by atoms with Gasteiger partial charge in [-0.1, -0.05) is 6.07 Å². The number of alkyl halides is 1. The highest BCUT2D eigenvalue weighted by Crippen LogP contribution is 2.23. The van der Waals surface area contributed by atoms with E-state index in [1.165, 1.54) is 0 Å². The fourth-order valence-corrected chi connectivity index (χ4v) is 2.11. The van der Waals surface area contributed by atoms with Gasteiger partial charge in [0.25, 0.3) is 0 Å². The number of H-pyrrole nitrogens is 1. The van der Waals surface area contributed by atoms with Crippen LogP contribution in [0.4, 0.5) is 0 Å². The molecule has 0 fully saturated rings. The molecule has 0 radical (unpaired) electrons. The van der Waals surface area contributed by atoms with E-state index in [1.807, 2.05) is 31.3 Å². The van der Waals surface area contributed by atoms with Crippen LogP contribution in [0.3, 0.4) is 0 Å². The Balaban J connectivity index is 2.01. The number of benzene rings is 1. The molecule has 5 heteroatoms. The molecule has 0 aliphatic heterocycles. The number of nitrogens with zero attached hydrogens (tertiary/aromatic N) is 2. The normalized spacial score (nSPS) is 11.2. The number of imidazole rings is 1. The van der Waals surface area contributed by atoms with Gasteiger partial charge in [-0.2, -0.15) is 0 Å². The molecule has 2 aromatic heterocycles. The zero-order chi connectivity index (χ0) is 12.5. The Labute approximate surface area is 109 Å². The second-order valence-corrected chi connectivity index (χ2v) is 4.48. The van der Waals surface area contributed by atoms with Crippen molar-refractivity contribution in [2.45, 2.75) is 13.3 Å². The van der Waals surface area contributed by atoms with Gasteiger partial charge in [-0.3, -0.25) is 0 Å². The lowest BCUT2D eigenvalue weighted by Crippen LogP contribution is -1.88. The highest BCUT2D eigenvalue weighted by molar-refractivity contribution is 6.17. The molecule has 3 aromatic rings. The Hall–Kier alpha value is -1.81. The van der Waals surface area contributed by atoms with Crippen molar-refractivity contribution in [3.8, 4) is 11.3 Å². The van der Waals surface area contributed by atoms with Crippen molar-refractivity contribution in [3.63, 3.8) is 0 Å². The molecular weight excluding hydrogens is 250 g/mol. The van der Waals surface area contributed by atoms with E-state index in [9.17, 15) is 0 Å². The number of aryl methyl sites for hydroxylation is 2. The van der Waals surface area contributed by atoms with Gasteiger partial charge in [-0.15, -0.1) is 11.6 Å². The zero-order valence-electron chi connectivity index (χ0n) is 9.90. The van der Waals surface area contributed by atoms with Crippen LogP contribution in [0.1, 0.15) is 11.7 Å². The molecule has 1 aromatic carbocycles. The highest BCUT2D eigenvalue weighted by atomic mass is 35.5. The third-order valence-electron chi connectivity index (χ3n) is 2.77. The molecule has 92 valence electrons. The van der Waals surface area contributed by atoms with Gasteiger partial charge in [0, 0.05) is 24.8 Å². The van der Waals surface area contributed by atoms with Gasteiger partial charge in [-0.25, -0.2) is 9.97 Å². The van der Waals surface area contributed by atoms with Crippen LogP contribution in [0.2, 0.25) is 0 Å². The number of nitrogens with one attached hydrogen (secondary N) is 1. The third-order valence-corrected chi connectivity index (χ3v) is 2.96. The first-order valence-corrected chi connectivity index (χ1v) is 6.27. The standard InChI is InChI=1S/C13H12ClN3O/c1-8-16-10-3-2-9(6-12(10)18-8)11-7-15-13(17-11)4-5-14/h2-3,6-7H,4-5H2,1H3,(H,15,17). The molecule has 18 heavy (non-hydrogen) atoms. The Morgan fingerprint density at radius 3 is 3.11 bits per heavy atom. The van der Waals surface area contributed by atoms with Crippen molar-refractivity contribution in [1.82, 2.24) is 15.0 Å². The number of halogens is 1. The van der Waals surface area contributed by atoms with Crippen molar-refractivity contribution >= 4 is 22.7 Å². The lowest BCUT2D eigenvalue weighted by atomic mass is 10.1. The van der Waals surface area contributed by atoms with E-state index in [0.717, 1.165) is 34.6 Å². The van der Waals surface area contributed by atoms with Crippen LogP contribution >= 0.6 is 11.6 Å². The fourth-order valence-electron chi connectivity index (χ4n) is 1.93. The second-order valence-electron chi connectivity index (χ2n) is 4.10. The molecule has 0 aliphatic rings. The Kier molecular flexibility index (Phi) is 2.80. The van der Waals surface area contributed by atoms with E-state index in [4.69, 9.17) is 16.0 Å². The molecule has 0 saturated heterocycles. The summed E-state index contributed by atoms with van der Waals surface area (Å²) in [4.78, 5) is 11.8. The lowest BCUT2D eigenvalue weighted by Gasteiger charge is -1.96. The van der Waals surface area contributed by atoms with E-state index >= 15 is 0 Å². The summed E-state index contributed by atoms with van der Waals surface area (Å²) in [5, 5.41) is 0. The summed E-state index contributed by atoms with van der Waals surface area (Å²) in [6.07, 6.45) is 2.55. The summed E-state index contributed by atoms with van der Waals surface area (Å²) >= 11 is 5.69. The van der Waals surface area contributed by atoms with E-state index in [1.54, 1.807) is 0 Å². The predicted molar refractivity (Wildman–Crippen MR) is 70.8 cm³/mol. The van der Waals surface area contributed by atoms with Crippen molar-refractivity contribution in [2.24, 2.45) is 0 Å². The fraction of sp³-hybridized carbons (Fsp3) is 0.231. The van der Waals surface area contributed by atoms with Crippen molar-refractivity contribution in [2.75, 3.05) is 5.88 Å². The summed E-state index contributed by atoms with van der Waals surface area (Å²) in [7, 11) is 0. The van der Waals surface area contributed by atoms with Gasteiger partial charge in [-0.05, 0) is 12.1 Å². The molecule has 0 saturated carbocycles. The summed E-state index contributed by atoms with van der Waals surface area (Å²) in [6, 6.07) is 5.92. The highest BCUT2D eigenvalue weighted by Gasteiger charge is 2.07. The molecule has 0 spiro atoms. The van der Waals surface area contributed by atoms with Crippen LogP contribution < -0.4 is 0 Å². The molecule has 3 rings (SSSR count). The molecule has 0 bridgehead atoms. The van der Waals surface area contributed by atoms with Crippen molar-refractivity contribution in [1.29, 1.82) is 0 Å². The van der Waals surface area contributed by atoms with Gasteiger partial charge in [0.2, 0.25) is 0 Å². The quantitative estimate of drug-likeness (QED) is 0.736. The van der Waals surface area contributed by atoms with E-state index < -0.39 is 0 Å². The first kappa shape index (κ1) is 11.3. The Morgan fingerprint density at radius 2 is 2.28 bits per heavy atom. The van der Waals surface area contributed by atoms with Gasteiger partial charge < -0.3 is 9.40 Å². The lowest BCUT2D eigenvalue weighted by molar-refractivity contribution is 0.561. The molecule has 0 aliphatic carbocycles. The van der Waals surface area contributed by atoms with Crippen LogP contribution in [0.15, 0.2) is 28.8 Å². The first-order chi connectivity index (χ1) is 8.76. The third kappa shape index (κ3) is 1.99. The molecule has 0 unspecified atom stereocenters. The average molecular weight is 262 g/mol. The smallest absolute Gasteiger partial charge is 0.192 e. The van der Waals surface area contributed by atoms with Gasteiger partial charge in [0.15, 0.2) is 11.5 Å². The largest absolute Gasteiger partial charge is 0.441 e. The van der Waals surface area contributed by atoms with Gasteiger partial charge in [0.05, 0.1) is 11.9 Å². The van der Waals surface area contributed by atoms with Crippen LogP contribution in [-0.2, 0) is 6.42 Å². The average Bonchev–Trinajstić information content (AvgIpc) is 2.93. The van der Waals surface area contributed by atoms with Crippen LogP contribution in [-0.4, -0.2) is 20.8 Å². The molecule has 4 nitrogen and oxygen atoms in total. The minimum absolute atomic E-state index is 0.563.